The molecule has 0 unspecified atom stereocenters. The van der Waals surface area contributed by atoms with Crippen molar-refractivity contribution >= 4 is 0 Å². The molecule has 2 heteroatoms. The average Bonchev–Trinajstić information content (AvgIpc) is 3.29. The van der Waals surface area contributed by atoms with Crippen LogP contribution in [0, 0.1) is 0 Å². The van der Waals surface area contributed by atoms with Crippen molar-refractivity contribution in [3.8, 4) is 28.0 Å². The van der Waals surface area contributed by atoms with Crippen LogP contribution in [0.3, 0.4) is 0 Å². The molecule has 1 aliphatic heterocycles. The molecule has 0 spiro atoms. The van der Waals surface area contributed by atoms with Crippen LogP contribution >= 0.6 is 0 Å². The molecule has 0 N–H and O–H groups in total. The normalized spacial score (nSPS) is 12.6. The third-order valence-electron chi connectivity index (χ3n) is 5.84. The maximum Gasteiger partial charge on any atom is 0.122 e. The lowest BCUT2D eigenvalue weighted by Crippen LogP contribution is -2.02. The van der Waals surface area contributed by atoms with Gasteiger partial charge in [0.05, 0.1) is 20.3 Å². The summed E-state index contributed by atoms with van der Waals surface area (Å²) in [5.74, 6) is 0.925. The second-order valence-electron chi connectivity index (χ2n) is 7.63. The van der Waals surface area contributed by atoms with Gasteiger partial charge in [0.15, 0.2) is 0 Å². The molecule has 5 rings (SSSR count). The Labute approximate surface area is 177 Å². The summed E-state index contributed by atoms with van der Waals surface area (Å²) in [7, 11) is 1.74. The quantitative estimate of drug-likeness (QED) is 0.378. The zero-order chi connectivity index (χ0) is 20.3. The smallest absolute Gasteiger partial charge is 0.122 e. The predicted octanol–water partition coefficient (Wildman–Crippen LogP) is 6.65. The molecule has 0 aromatic heterocycles. The Bertz CT molecular complexity index is 1160. The van der Waals surface area contributed by atoms with E-state index in [4.69, 9.17) is 9.47 Å². The fraction of sp³-hybridized carbons (Fsp3) is 0.143. The SMILES string of the molecule is COc1ccccc1Cc1cc(-c2ccccc2)c2c(c1-c1ccccc1)COC2. The molecule has 1 aliphatic rings. The van der Waals surface area contributed by atoms with Crippen LogP contribution in [0.15, 0.2) is 91.0 Å². The summed E-state index contributed by atoms with van der Waals surface area (Å²) in [6, 6.07) is 31.9. The van der Waals surface area contributed by atoms with Gasteiger partial charge in [-0.05, 0) is 56.6 Å². The van der Waals surface area contributed by atoms with E-state index in [0.717, 1.165) is 12.2 Å². The van der Waals surface area contributed by atoms with Gasteiger partial charge >= 0.3 is 0 Å². The molecule has 4 aromatic rings. The lowest BCUT2D eigenvalue weighted by atomic mass is 9.84. The second-order valence-corrected chi connectivity index (χ2v) is 7.63. The minimum atomic E-state index is 0.652. The summed E-state index contributed by atoms with van der Waals surface area (Å²) in [5, 5.41) is 0. The van der Waals surface area contributed by atoms with E-state index in [1.807, 2.05) is 12.1 Å². The van der Waals surface area contributed by atoms with E-state index in [-0.39, 0.29) is 0 Å². The number of methoxy groups -OCH3 is 1. The number of hydrogen-bond acceptors (Lipinski definition) is 2. The molecule has 0 fully saturated rings. The Hall–Kier alpha value is -3.36. The van der Waals surface area contributed by atoms with Crippen molar-refractivity contribution in [2.24, 2.45) is 0 Å². The van der Waals surface area contributed by atoms with Crippen molar-refractivity contribution in [2.75, 3.05) is 7.11 Å². The van der Waals surface area contributed by atoms with Crippen molar-refractivity contribution in [3.63, 3.8) is 0 Å². The van der Waals surface area contributed by atoms with Crippen molar-refractivity contribution in [1.82, 2.24) is 0 Å². The number of hydrogen-bond donors (Lipinski definition) is 0. The molecule has 2 nitrogen and oxygen atoms in total. The maximum atomic E-state index is 5.96. The lowest BCUT2D eigenvalue weighted by Gasteiger charge is -2.19. The molecule has 0 bridgehead atoms. The highest BCUT2D eigenvalue weighted by Crippen LogP contribution is 2.41. The van der Waals surface area contributed by atoms with Crippen LogP contribution in [0.4, 0.5) is 0 Å². The monoisotopic (exact) mass is 392 g/mol. The molecular weight excluding hydrogens is 368 g/mol. The Balaban J connectivity index is 1.75. The first-order valence-corrected chi connectivity index (χ1v) is 10.3. The number of para-hydroxylation sites is 1. The maximum absolute atomic E-state index is 5.96. The van der Waals surface area contributed by atoms with E-state index in [1.165, 1.54) is 44.5 Å². The molecule has 0 amide bonds. The number of ether oxygens (including phenoxy) is 2. The van der Waals surface area contributed by atoms with Gasteiger partial charge in [-0.15, -0.1) is 0 Å². The number of fused-ring (bicyclic) bond motifs is 1. The van der Waals surface area contributed by atoms with Gasteiger partial charge in [0.2, 0.25) is 0 Å². The lowest BCUT2D eigenvalue weighted by molar-refractivity contribution is 0.135. The van der Waals surface area contributed by atoms with Gasteiger partial charge in [-0.2, -0.15) is 0 Å². The van der Waals surface area contributed by atoms with Crippen molar-refractivity contribution < 1.29 is 9.47 Å². The van der Waals surface area contributed by atoms with Crippen molar-refractivity contribution in [1.29, 1.82) is 0 Å². The van der Waals surface area contributed by atoms with E-state index in [2.05, 4.69) is 78.9 Å². The van der Waals surface area contributed by atoms with Crippen LogP contribution in [0.25, 0.3) is 22.3 Å². The minimum absolute atomic E-state index is 0.652. The fourth-order valence-corrected chi connectivity index (χ4v) is 4.45. The van der Waals surface area contributed by atoms with Crippen LogP contribution in [0.5, 0.6) is 5.75 Å². The van der Waals surface area contributed by atoms with Crippen LogP contribution in [-0.4, -0.2) is 7.11 Å². The molecule has 1 heterocycles. The summed E-state index contributed by atoms with van der Waals surface area (Å²) in [5.41, 5.74) is 10.2. The van der Waals surface area contributed by atoms with Crippen molar-refractivity contribution in [3.05, 3.63) is 113 Å². The first-order chi connectivity index (χ1) is 14.8. The van der Waals surface area contributed by atoms with E-state index >= 15 is 0 Å². The third kappa shape index (κ3) is 3.40. The fourth-order valence-electron chi connectivity index (χ4n) is 4.45. The molecule has 0 saturated heterocycles. The highest BCUT2D eigenvalue weighted by Gasteiger charge is 2.24. The molecule has 0 saturated carbocycles. The highest BCUT2D eigenvalue weighted by atomic mass is 16.5. The van der Waals surface area contributed by atoms with Crippen LogP contribution in [0.1, 0.15) is 22.3 Å². The molecule has 0 aliphatic carbocycles. The molecule has 0 radical (unpaired) electrons. The van der Waals surface area contributed by atoms with Gasteiger partial charge in [0, 0.05) is 6.42 Å². The third-order valence-corrected chi connectivity index (χ3v) is 5.84. The van der Waals surface area contributed by atoms with E-state index in [9.17, 15) is 0 Å². The molecule has 148 valence electrons. The second kappa shape index (κ2) is 8.17. The zero-order valence-electron chi connectivity index (χ0n) is 17.1. The van der Waals surface area contributed by atoms with E-state index < -0.39 is 0 Å². The Morgan fingerprint density at radius 3 is 2.07 bits per heavy atom. The van der Waals surface area contributed by atoms with Gasteiger partial charge in [-0.3, -0.25) is 0 Å². The number of rotatable bonds is 5. The van der Waals surface area contributed by atoms with E-state index in [1.54, 1.807) is 7.11 Å². The first-order valence-electron chi connectivity index (χ1n) is 10.3. The van der Waals surface area contributed by atoms with Crippen LogP contribution in [-0.2, 0) is 24.4 Å². The summed E-state index contributed by atoms with van der Waals surface area (Å²) >= 11 is 0. The largest absolute Gasteiger partial charge is 0.496 e. The van der Waals surface area contributed by atoms with Gasteiger partial charge in [0.1, 0.15) is 5.75 Å². The number of benzene rings is 4. The van der Waals surface area contributed by atoms with Crippen LogP contribution in [0.2, 0.25) is 0 Å². The minimum Gasteiger partial charge on any atom is -0.496 e. The molecule has 0 atom stereocenters. The van der Waals surface area contributed by atoms with Gasteiger partial charge in [-0.1, -0.05) is 78.9 Å². The molecular formula is C28H24O2. The van der Waals surface area contributed by atoms with Gasteiger partial charge < -0.3 is 9.47 Å². The molecule has 4 aromatic carbocycles. The van der Waals surface area contributed by atoms with Crippen molar-refractivity contribution in [2.45, 2.75) is 19.6 Å². The Morgan fingerprint density at radius 2 is 1.33 bits per heavy atom. The van der Waals surface area contributed by atoms with Gasteiger partial charge in [-0.25, -0.2) is 0 Å². The Kier molecular flexibility index (Phi) is 5.08. The highest BCUT2D eigenvalue weighted by molar-refractivity contribution is 5.81. The average molecular weight is 392 g/mol. The van der Waals surface area contributed by atoms with Gasteiger partial charge in [0.25, 0.3) is 0 Å². The Morgan fingerprint density at radius 1 is 0.700 bits per heavy atom. The zero-order valence-corrected chi connectivity index (χ0v) is 17.1. The van der Waals surface area contributed by atoms with E-state index in [0.29, 0.717) is 13.2 Å². The predicted molar refractivity (Wildman–Crippen MR) is 122 cm³/mol. The standard InChI is InChI=1S/C28H24O2/c1-29-27-15-9-8-14-22(27)16-23-17-24(20-10-4-2-5-11-20)25-18-30-19-26(25)28(23)21-12-6-3-7-13-21/h2-15,17H,16,18-19H2,1H3. The van der Waals surface area contributed by atoms with Crippen LogP contribution < -0.4 is 4.74 Å². The summed E-state index contributed by atoms with van der Waals surface area (Å²) in [6.07, 6.45) is 0.807. The summed E-state index contributed by atoms with van der Waals surface area (Å²) in [4.78, 5) is 0. The summed E-state index contributed by atoms with van der Waals surface area (Å²) < 4.78 is 11.6. The molecule has 30 heavy (non-hydrogen) atoms. The summed E-state index contributed by atoms with van der Waals surface area (Å²) in [6.45, 7) is 1.31. The topological polar surface area (TPSA) is 18.5 Å². The first kappa shape index (κ1) is 18.7.